The molecule has 1 aliphatic heterocycles. The maximum Gasteiger partial charge on any atom is 0.305 e. The summed E-state index contributed by atoms with van der Waals surface area (Å²) in [7, 11) is 0. The van der Waals surface area contributed by atoms with Gasteiger partial charge in [-0.2, -0.15) is 0 Å². The van der Waals surface area contributed by atoms with Gasteiger partial charge in [0.2, 0.25) is 5.91 Å². The fourth-order valence-corrected chi connectivity index (χ4v) is 9.81. The molecule has 7 atom stereocenters. The normalized spacial score (nSPS) is 18.9. The number of nitrogens with one attached hydrogen (secondary N) is 1. The Hall–Kier alpha value is -2.90. The second-order valence-electron chi connectivity index (χ2n) is 22.4. The average Bonchev–Trinajstić information content (AvgIpc) is 3.45. The molecule has 0 aromatic heterocycles. The van der Waals surface area contributed by atoms with Gasteiger partial charge in [-0.1, -0.05) is 241 Å². The summed E-state index contributed by atoms with van der Waals surface area (Å²) >= 11 is 0. The molecule has 1 saturated heterocycles. The van der Waals surface area contributed by atoms with Crippen LogP contribution in [0.5, 0.6) is 0 Å². The molecule has 1 aliphatic rings. The summed E-state index contributed by atoms with van der Waals surface area (Å²) in [6.45, 7) is 4.24. The van der Waals surface area contributed by atoms with Crippen LogP contribution in [0.1, 0.15) is 284 Å². The average molecular weight is 1110 g/mol. The molecule has 458 valence electrons. The molecule has 1 heterocycles. The summed E-state index contributed by atoms with van der Waals surface area (Å²) in [6.07, 6.45) is 65.8. The number of aliphatic hydroxyl groups is 5. The highest BCUT2D eigenvalue weighted by atomic mass is 16.7. The van der Waals surface area contributed by atoms with Crippen LogP contribution in [0.3, 0.4) is 0 Å². The van der Waals surface area contributed by atoms with E-state index < -0.39 is 49.5 Å². The first-order valence-corrected chi connectivity index (χ1v) is 32.7. The number of ether oxygens (including phenoxy) is 3. The molecule has 1 fully saturated rings. The van der Waals surface area contributed by atoms with E-state index in [0.29, 0.717) is 19.4 Å². The molecular formula is C68H121NO10. The zero-order chi connectivity index (χ0) is 57.3. The van der Waals surface area contributed by atoms with Gasteiger partial charge < -0.3 is 45.1 Å². The molecule has 0 spiro atoms. The van der Waals surface area contributed by atoms with Gasteiger partial charge in [0, 0.05) is 12.8 Å². The predicted molar refractivity (Wildman–Crippen MR) is 329 cm³/mol. The molecule has 11 heteroatoms. The monoisotopic (exact) mass is 1110 g/mol. The summed E-state index contributed by atoms with van der Waals surface area (Å²) in [5.74, 6) is -0.217. The zero-order valence-corrected chi connectivity index (χ0v) is 50.6. The topological polar surface area (TPSA) is 175 Å². The fraction of sp³-hybridized carbons (Fsp3) is 0.794. The molecule has 6 N–H and O–H groups in total. The summed E-state index contributed by atoms with van der Waals surface area (Å²) < 4.78 is 16.7. The SMILES string of the molecule is CCC/C=C\C/C=C\CCCCCCCC(=O)OCCCCCCCCCCC/C=C\C/C=C\CCCCCCCCCCCC(=O)NC(COC1OC(CO)C(O)C(O)C1O)C(O)/C=C/CC/C=C/CCCCCCCCC. The van der Waals surface area contributed by atoms with E-state index >= 15 is 0 Å². The number of amides is 1. The minimum absolute atomic E-state index is 0.0181. The third kappa shape index (κ3) is 46.3. The van der Waals surface area contributed by atoms with E-state index in [1.54, 1.807) is 6.08 Å². The fourth-order valence-electron chi connectivity index (χ4n) is 9.81. The van der Waals surface area contributed by atoms with Crippen molar-refractivity contribution in [2.24, 2.45) is 0 Å². The van der Waals surface area contributed by atoms with Crippen LogP contribution in [0.4, 0.5) is 0 Å². The number of esters is 1. The molecule has 0 bridgehead atoms. The van der Waals surface area contributed by atoms with Gasteiger partial charge in [0.1, 0.15) is 24.4 Å². The second kappa shape index (κ2) is 56.9. The smallest absolute Gasteiger partial charge is 0.305 e. The highest BCUT2D eigenvalue weighted by Crippen LogP contribution is 2.23. The molecular weight excluding hydrogens is 991 g/mol. The van der Waals surface area contributed by atoms with E-state index in [9.17, 15) is 35.1 Å². The van der Waals surface area contributed by atoms with E-state index in [1.807, 2.05) is 6.08 Å². The molecule has 1 rings (SSSR count). The van der Waals surface area contributed by atoms with Gasteiger partial charge in [0.25, 0.3) is 0 Å². The Kier molecular flexibility index (Phi) is 53.4. The maximum atomic E-state index is 13.0. The Labute approximate surface area is 483 Å². The van der Waals surface area contributed by atoms with Crippen molar-refractivity contribution in [1.82, 2.24) is 5.32 Å². The maximum absolute atomic E-state index is 13.0. The van der Waals surface area contributed by atoms with E-state index in [0.717, 1.165) is 96.3 Å². The van der Waals surface area contributed by atoms with Gasteiger partial charge in [-0.3, -0.25) is 9.59 Å². The predicted octanol–water partition coefficient (Wildman–Crippen LogP) is 16.0. The van der Waals surface area contributed by atoms with Crippen molar-refractivity contribution < 1.29 is 49.3 Å². The first kappa shape index (κ1) is 74.1. The van der Waals surface area contributed by atoms with E-state index in [1.165, 1.54) is 161 Å². The van der Waals surface area contributed by atoms with E-state index in [2.05, 4.69) is 79.9 Å². The van der Waals surface area contributed by atoms with Crippen LogP contribution in [0.15, 0.2) is 72.9 Å². The number of aliphatic hydroxyl groups excluding tert-OH is 5. The van der Waals surface area contributed by atoms with E-state index in [4.69, 9.17) is 14.2 Å². The minimum Gasteiger partial charge on any atom is -0.466 e. The Balaban J connectivity index is 2.05. The second-order valence-corrected chi connectivity index (χ2v) is 22.4. The number of hydrogen-bond acceptors (Lipinski definition) is 10. The van der Waals surface area contributed by atoms with Gasteiger partial charge in [-0.25, -0.2) is 0 Å². The Morgan fingerprint density at radius 1 is 0.468 bits per heavy atom. The molecule has 11 nitrogen and oxygen atoms in total. The molecule has 7 unspecified atom stereocenters. The first-order chi connectivity index (χ1) is 38.7. The van der Waals surface area contributed by atoms with Crippen LogP contribution in [0.25, 0.3) is 0 Å². The van der Waals surface area contributed by atoms with Gasteiger partial charge in [-0.15, -0.1) is 0 Å². The Bertz CT molecular complexity index is 1540. The summed E-state index contributed by atoms with van der Waals surface area (Å²) in [4.78, 5) is 25.1. The van der Waals surface area contributed by atoms with Crippen LogP contribution < -0.4 is 5.32 Å². The lowest BCUT2D eigenvalue weighted by atomic mass is 9.99. The third-order valence-corrected chi connectivity index (χ3v) is 15.0. The van der Waals surface area contributed by atoms with Gasteiger partial charge >= 0.3 is 5.97 Å². The van der Waals surface area contributed by atoms with Gasteiger partial charge in [0.05, 0.1) is 32.0 Å². The quantitative estimate of drug-likeness (QED) is 0.0195. The molecule has 0 aromatic carbocycles. The van der Waals surface area contributed by atoms with Crippen molar-refractivity contribution in [2.45, 2.75) is 326 Å². The van der Waals surface area contributed by atoms with Gasteiger partial charge in [-0.05, 0) is 103 Å². The highest BCUT2D eigenvalue weighted by Gasteiger charge is 2.44. The number of hydrogen-bond donors (Lipinski definition) is 6. The number of unbranched alkanes of at least 4 members (excludes halogenated alkanes) is 32. The molecule has 0 aromatic rings. The van der Waals surface area contributed by atoms with Crippen LogP contribution in [-0.4, -0.2) is 100 Å². The van der Waals surface area contributed by atoms with Crippen LogP contribution in [0, 0.1) is 0 Å². The number of rotatable bonds is 56. The van der Waals surface area contributed by atoms with E-state index in [-0.39, 0.29) is 18.5 Å². The summed E-state index contributed by atoms with van der Waals surface area (Å²) in [5, 5.41) is 54.4. The van der Waals surface area contributed by atoms with Crippen molar-refractivity contribution in [2.75, 3.05) is 19.8 Å². The van der Waals surface area contributed by atoms with Crippen LogP contribution >= 0.6 is 0 Å². The number of carbonyl (C=O) groups is 2. The lowest BCUT2D eigenvalue weighted by Crippen LogP contribution is -2.60. The summed E-state index contributed by atoms with van der Waals surface area (Å²) in [6, 6.07) is -0.834. The van der Waals surface area contributed by atoms with Crippen molar-refractivity contribution >= 4 is 11.9 Å². The lowest BCUT2D eigenvalue weighted by molar-refractivity contribution is -0.302. The van der Waals surface area contributed by atoms with Crippen molar-refractivity contribution in [3.05, 3.63) is 72.9 Å². The molecule has 0 radical (unpaired) electrons. The Morgan fingerprint density at radius 3 is 1.38 bits per heavy atom. The minimum atomic E-state index is -1.58. The van der Waals surface area contributed by atoms with Crippen LogP contribution in [0.2, 0.25) is 0 Å². The number of carbonyl (C=O) groups excluding carboxylic acids is 2. The Morgan fingerprint density at radius 2 is 0.886 bits per heavy atom. The third-order valence-electron chi connectivity index (χ3n) is 15.0. The molecule has 0 saturated carbocycles. The molecule has 0 aliphatic carbocycles. The number of allylic oxidation sites excluding steroid dienone is 11. The van der Waals surface area contributed by atoms with Crippen molar-refractivity contribution in [1.29, 1.82) is 0 Å². The zero-order valence-electron chi connectivity index (χ0n) is 50.6. The standard InChI is InChI=1S/C68H121NO10/c1-3-5-7-9-11-13-15-30-34-38-42-46-50-54-61(71)60(59-78-68-67(76)66(75)65(74)62(58-70)79-68)69-63(72)55-51-47-43-39-35-32-28-26-24-22-20-18-17-19-21-23-25-27-29-33-37-41-45-49-53-57-77-64(73)56-52-48-44-40-36-31-16-14-12-10-8-6-4-2/h8,10,14,16,18-21,34,38,50,54,60-62,65-68,70-71,74-76H,3-7,9,11-13,15,17,22-33,35-37,39-49,51-53,55-59H2,1-2H3,(H,69,72)/b10-8-,16-14-,20-18-,21-19-,38-34+,54-50+. The van der Waals surface area contributed by atoms with Crippen molar-refractivity contribution in [3.63, 3.8) is 0 Å². The van der Waals surface area contributed by atoms with Crippen molar-refractivity contribution in [3.8, 4) is 0 Å². The largest absolute Gasteiger partial charge is 0.466 e. The highest BCUT2D eigenvalue weighted by molar-refractivity contribution is 5.76. The first-order valence-electron chi connectivity index (χ1n) is 32.7. The lowest BCUT2D eigenvalue weighted by Gasteiger charge is -2.40. The van der Waals surface area contributed by atoms with Crippen LogP contribution in [-0.2, 0) is 23.8 Å². The summed E-state index contributed by atoms with van der Waals surface area (Å²) in [5.41, 5.74) is 0. The molecule has 1 amide bonds. The van der Waals surface area contributed by atoms with Gasteiger partial charge in [0.15, 0.2) is 6.29 Å². The molecule has 79 heavy (non-hydrogen) atoms.